The van der Waals surface area contributed by atoms with Gasteiger partial charge >= 0.3 is 5.97 Å². The van der Waals surface area contributed by atoms with Crippen LogP contribution in [-0.2, 0) is 6.61 Å². The molecular weight excluding hydrogens is 342 g/mol. The number of nitro groups is 1. The summed E-state index contributed by atoms with van der Waals surface area (Å²) in [6.45, 7) is -0.0894. The molecule has 7 heteroatoms. The fraction of sp³-hybridized carbons (Fsp3) is 0.0714. The van der Waals surface area contributed by atoms with Gasteiger partial charge in [-0.15, -0.1) is 0 Å². The van der Waals surface area contributed by atoms with Crippen molar-refractivity contribution in [2.45, 2.75) is 6.61 Å². The first kappa shape index (κ1) is 15.0. The van der Waals surface area contributed by atoms with E-state index in [9.17, 15) is 14.9 Å². The molecule has 0 aliphatic carbocycles. The first-order valence-electron chi connectivity index (χ1n) is 5.87. The van der Waals surface area contributed by atoms with Crippen LogP contribution in [0, 0.1) is 10.1 Å². The molecule has 0 amide bonds. The van der Waals surface area contributed by atoms with E-state index >= 15 is 0 Å². The lowest BCUT2D eigenvalue weighted by Gasteiger charge is -2.09. The predicted molar refractivity (Wildman–Crippen MR) is 78.5 cm³/mol. The second-order valence-corrected chi connectivity index (χ2v) is 5.04. The average molecular weight is 352 g/mol. The number of rotatable bonds is 5. The summed E-state index contributed by atoms with van der Waals surface area (Å²) >= 11 is 3.17. The molecule has 108 valence electrons. The molecule has 0 unspecified atom stereocenters. The number of para-hydroxylation sites is 1. The lowest BCUT2D eigenvalue weighted by atomic mass is 10.2. The van der Waals surface area contributed by atoms with E-state index in [1.807, 2.05) is 0 Å². The minimum Gasteiger partial charge on any atom is -0.488 e. The Labute approximate surface area is 128 Å². The van der Waals surface area contributed by atoms with Crippen molar-refractivity contribution >= 4 is 27.6 Å². The van der Waals surface area contributed by atoms with Gasteiger partial charge in [0.05, 0.1) is 10.5 Å². The van der Waals surface area contributed by atoms with E-state index in [0.29, 0.717) is 10.0 Å². The van der Waals surface area contributed by atoms with E-state index in [0.717, 1.165) is 0 Å². The number of carboxylic acid groups (broad SMARTS) is 1. The van der Waals surface area contributed by atoms with E-state index in [2.05, 4.69) is 15.9 Å². The summed E-state index contributed by atoms with van der Waals surface area (Å²) in [5.74, 6) is -0.946. The van der Waals surface area contributed by atoms with Crippen molar-refractivity contribution in [3.05, 3.63) is 68.2 Å². The zero-order chi connectivity index (χ0) is 15.4. The number of benzene rings is 2. The molecule has 0 fully saturated rings. The van der Waals surface area contributed by atoms with Gasteiger partial charge in [-0.05, 0) is 24.3 Å². The first-order valence-corrected chi connectivity index (χ1v) is 6.66. The van der Waals surface area contributed by atoms with Crippen LogP contribution in [0.1, 0.15) is 15.9 Å². The van der Waals surface area contributed by atoms with Crippen LogP contribution >= 0.6 is 15.9 Å². The largest absolute Gasteiger partial charge is 0.488 e. The Bertz CT molecular complexity index is 702. The number of carboxylic acids is 1. The van der Waals surface area contributed by atoms with Crippen LogP contribution < -0.4 is 4.74 Å². The average Bonchev–Trinajstić information content (AvgIpc) is 2.46. The number of nitro benzene ring substituents is 1. The van der Waals surface area contributed by atoms with Gasteiger partial charge in [-0.2, -0.15) is 0 Å². The molecule has 21 heavy (non-hydrogen) atoms. The summed E-state index contributed by atoms with van der Waals surface area (Å²) in [4.78, 5) is 21.5. The van der Waals surface area contributed by atoms with Gasteiger partial charge in [-0.3, -0.25) is 10.1 Å². The maximum Gasteiger partial charge on any atom is 0.339 e. The highest BCUT2D eigenvalue weighted by molar-refractivity contribution is 9.10. The van der Waals surface area contributed by atoms with Crippen molar-refractivity contribution in [2.75, 3.05) is 0 Å². The van der Waals surface area contributed by atoms with Crippen LogP contribution in [0.5, 0.6) is 5.75 Å². The SMILES string of the molecule is O=C(O)c1ccccc1OCc1ccc(Br)cc1[N+](=O)[O-]. The van der Waals surface area contributed by atoms with Gasteiger partial charge in [-0.1, -0.05) is 28.1 Å². The zero-order valence-electron chi connectivity index (χ0n) is 10.7. The van der Waals surface area contributed by atoms with Crippen molar-refractivity contribution in [1.29, 1.82) is 0 Å². The van der Waals surface area contributed by atoms with Crippen molar-refractivity contribution in [1.82, 2.24) is 0 Å². The maximum atomic E-state index is 11.1. The van der Waals surface area contributed by atoms with Gasteiger partial charge in [-0.25, -0.2) is 4.79 Å². The van der Waals surface area contributed by atoms with Gasteiger partial charge in [0.1, 0.15) is 17.9 Å². The number of ether oxygens (including phenoxy) is 1. The lowest BCUT2D eigenvalue weighted by molar-refractivity contribution is -0.385. The Morgan fingerprint density at radius 1 is 1.29 bits per heavy atom. The Morgan fingerprint density at radius 2 is 2.00 bits per heavy atom. The predicted octanol–water partition coefficient (Wildman–Crippen LogP) is 3.63. The summed E-state index contributed by atoms with van der Waals surface area (Å²) in [6.07, 6.45) is 0. The molecule has 0 atom stereocenters. The summed E-state index contributed by atoms with van der Waals surface area (Å²) in [6, 6.07) is 10.7. The van der Waals surface area contributed by atoms with Crippen LogP contribution in [0.2, 0.25) is 0 Å². The third-order valence-electron chi connectivity index (χ3n) is 2.74. The summed E-state index contributed by atoms with van der Waals surface area (Å²) in [5.41, 5.74) is 0.290. The summed E-state index contributed by atoms with van der Waals surface area (Å²) in [7, 11) is 0. The Hall–Kier alpha value is -2.41. The number of hydrogen-bond donors (Lipinski definition) is 1. The normalized spacial score (nSPS) is 10.1. The number of hydrogen-bond acceptors (Lipinski definition) is 4. The highest BCUT2D eigenvalue weighted by Crippen LogP contribution is 2.26. The summed E-state index contributed by atoms with van der Waals surface area (Å²) in [5, 5.41) is 20.0. The first-order chi connectivity index (χ1) is 9.99. The lowest BCUT2D eigenvalue weighted by Crippen LogP contribution is -2.05. The molecular formula is C14H10BrNO5. The van der Waals surface area contributed by atoms with E-state index in [-0.39, 0.29) is 23.6 Å². The van der Waals surface area contributed by atoms with Gasteiger partial charge in [0, 0.05) is 10.5 Å². The minimum absolute atomic E-state index is 0.0114. The number of carbonyl (C=O) groups is 1. The number of nitrogens with zero attached hydrogens (tertiary/aromatic N) is 1. The standard InChI is InChI=1S/C14H10BrNO5/c15-10-6-5-9(12(7-10)16(19)20)8-21-13-4-2-1-3-11(13)14(17)18/h1-7H,8H2,(H,17,18). The van der Waals surface area contributed by atoms with Crippen LogP contribution in [-0.4, -0.2) is 16.0 Å². The van der Waals surface area contributed by atoms with Crippen molar-refractivity contribution in [3.63, 3.8) is 0 Å². The van der Waals surface area contributed by atoms with Crippen LogP contribution in [0.25, 0.3) is 0 Å². The minimum atomic E-state index is -1.11. The fourth-order valence-corrected chi connectivity index (χ4v) is 2.10. The molecule has 0 aromatic heterocycles. The molecule has 0 heterocycles. The van der Waals surface area contributed by atoms with Gasteiger partial charge in [0.15, 0.2) is 0 Å². The van der Waals surface area contributed by atoms with Gasteiger partial charge in [0.25, 0.3) is 5.69 Å². The molecule has 0 spiro atoms. The van der Waals surface area contributed by atoms with E-state index in [1.165, 1.54) is 18.2 Å². The smallest absolute Gasteiger partial charge is 0.339 e. The van der Waals surface area contributed by atoms with Crippen LogP contribution in [0.3, 0.4) is 0 Å². The molecule has 1 N–H and O–H groups in total. The highest BCUT2D eigenvalue weighted by Gasteiger charge is 2.16. The van der Waals surface area contributed by atoms with E-state index in [4.69, 9.17) is 9.84 Å². The third kappa shape index (κ3) is 3.57. The molecule has 0 bridgehead atoms. The van der Waals surface area contributed by atoms with Crippen LogP contribution in [0.15, 0.2) is 46.9 Å². The molecule has 2 aromatic rings. The molecule has 0 radical (unpaired) electrons. The summed E-state index contributed by atoms with van der Waals surface area (Å²) < 4.78 is 6.00. The third-order valence-corrected chi connectivity index (χ3v) is 3.24. The van der Waals surface area contributed by atoms with Crippen LogP contribution in [0.4, 0.5) is 5.69 Å². The van der Waals surface area contributed by atoms with Gasteiger partial charge in [0.2, 0.25) is 0 Å². The molecule has 0 saturated carbocycles. The van der Waals surface area contributed by atoms with Gasteiger partial charge < -0.3 is 9.84 Å². The van der Waals surface area contributed by atoms with Crippen molar-refractivity contribution in [2.24, 2.45) is 0 Å². The van der Waals surface area contributed by atoms with Crippen molar-refractivity contribution < 1.29 is 19.6 Å². The molecule has 0 aliphatic heterocycles. The molecule has 2 rings (SSSR count). The quantitative estimate of drug-likeness (QED) is 0.656. The second-order valence-electron chi connectivity index (χ2n) is 4.12. The number of halogens is 1. The zero-order valence-corrected chi connectivity index (χ0v) is 12.2. The Morgan fingerprint density at radius 3 is 2.67 bits per heavy atom. The molecule has 6 nitrogen and oxygen atoms in total. The molecule has 2 aromatic carbocycles. The van der Waals surface area contributed by atoms with Crippen molar-refractivity contribution in [3.8, 4) is 5.75 Å². The highest BCUT2D eigenvalue weighted by atomic mass is 79.9. The molecule has 0 aliphatic rings. The monoisotopic (exact) mass is 351 g/mol. The second kappa shape index (κ2) is 6.36. The maximum absolute atomic E-state index is 11.1. The Balaban J connectivity index is 2.25. The fourth-order valence-electron chi connectivity index (χ4n) is 1.75. The Kier molecular flexibility index (Phi) is 4.54. The molecule has 0 saturated heterocycles. The topological polar surface area (TPSA) is 89.7 Å². The number of aromatic carboxylic acids is 1. The van der Waals surface area contributed by atoms with E-state index in [1.54, 1.807) is 24.3 Å². The van der Waals surface area contributed by atoms with E-state index < -0.39 is 10.9 Å².